The molecule has 92 valence electrons. The van der Waals surface area contributed by atoms with Gasteiger partial charge in [-0.25, -0.2) is 0 Å². The zero-order chi connectivity index (χ0) is 12.5. The van der Waals surface area contributed by atoms with E-state index >= 15 is 0 Å². The summed E-state index contributed by atoms with van der Waals surface area (Å²) in [6, 6.07) is 7.53. The van der Waals surface area contributed by atoms with Gasteiger partial charge in [0.15, 0.2) is 0 Å². The number of benzene rings is 1. The van der Waals surface area contributed by atoms with Crippen molar-refractivity contribution in [2.45, 2.75) is 19.3 Å². The molecule has 0 heterocycles. The average molecular weight is 235 g/mol. The highest BCUT2D eigenvalue weighted by Crippen LogP contribution is 2.27. The van der Waals surface area contributed by atoms with Crippen LogP contribution >= 0.6 is 0 Å². The molecule has 0 fully saturated rings. The molecule has 1 aromatic rings. The summed E-state index contributed by atoms with van der Waals surface area (Å²) in [5.74, 6) is 2.13. The van der Waals surface area contributed by atoms with Crippen LogP contribution in [0.4, 0.5) is 0 Å². The van der Waals surface area contributed by atoms with Gasteiger partial charge in [-0.2, -0.15) is 5.26 Å². The van der Waals surface area contributed by atoms with E-state index in [4.69, 9.17) is 19.5 Å². The fraction of sp³-hybridized carbons (Fsp3) is 0.462. The van der Waals surface area contributed by atoms with Crippen LogP contribution in [-0.4, -0.2) is 20.8 Å². The van der Waals surface area contributed by atoms with Crippen LogP contribution in [0.25, 0.3) is 0 Å². The van der Waals surface area contributed by atoms with Gasteiger partial charge >= 0.3 is 0 Å². The Kier molecular flexibility index (Phi) is 5.73. The third-order valence-corrected chi connectivity index (χ3v) is 2.28. The highest BCUT2D eigenvalue weighted by molar-refractivity contribution is 5.41. The minimum absolute atomic E-state index is 0.574. The van der Waals surface area contributed by atoms with Crippen LogP contribution < -0.4 is 14.2 Å². The molecule has 0 N–H and O–H groups in total. The molecule has 0 aliphatic heterocycles. The van der Waals surface area contributed by atoms with Crippen molar-refractivity contribution in [1.82, 2.24) is 0 Å². The quantitative estimate of drug-likeness (QED) is 0.682. The van der Waals surface area contributed by atoms with E-state index in [0.717, 1.165) is 18.6 Å². The van der Waals surface area contributed by atoms with E-state index in [1.165, 1.54) is 0 Å². The Morgan fingerprint density at radius 3 is 2.12 bits per heavy atom. The minimum Gasteiger partial charge on any atom is -0.496 e. The maximum Gasteiger partial charge on any atom is 0.126 e. The number of hydrogen-bond acceptors (Lipinski definition) is 4. The van der Waals surface area contributed by atoms with Crippen LogP contribution in [0.3, 0.4) is 0 Å². The first-order valence-electron chi connectivity index (χ1n) is 5.53. The predicted molar refractivity (Wildman–Crippen MR) is 64.5 cm³/mol. The number of unbranched alkanes of at least 4 members (excludes halogenated alkanes) is 2. The van der Waals surface area contributed by atoms with E-state index in [1.807, 2.05) is 12.1 Å². The Balaban J connectivity index is 2.49. The molecule has 0 bridgehead atoms. The van der Waals surface area contributed by atoms with Crippen LogP contribution in [0.5, 0.6) is 17.2 Å². The number of methoxy groups -OCH3 is 2. The normalized spacial score (nSPS) is 9.47. The maximum absolute atomic E-state index is 8.40. The molecule has 17 heavy (non-hydrogen) atoms. The number of ether oxygens (including phenoxy) is 3. The number of rotatable bonds is 7. The summed E-state index contributed by atoms with van der Waals surface area (Å²) in [6.07, 6.45) is 2.30. The highest BCUT2D eigenvalue weighted by atomic mass is 16.5. The second-order valence-electron chi connectivity index (χ2n) is 3.51. The Hall–Kier alpha value is -1.89. The molecular formula is C13H17NO3. The molecule has 0 spiro atoms. The Morgan fingerprint density at radius 2 is 1.59 bits per heavy atom. The fourth-order valence-corrected chi connectivity index (χ4v) is 1.36. The molecule has 0 amide bonds. The lowest BCUT2D eigenvalue weighted by atomic mass is 10.2. The summed E-state index contributed by atoms with van der Waals surface area (Å²) < 4.78 is 15.8. The Labute approximate surface area is 102 Å². The summed E-state index contributed by atoms with van der Waals surface area (Å²) in [5, 5.41) is 8.40. The second kappa shape index (κ2) is 7.39. The first-order chi connectivity index (χ1) is 8.30. The molecule has 0 aliphatic carbocycles. The summed E-state index contributed by atoms with van der Waals surface area (Å²) in [7, 11) is 3.21. The summed E-state index contributed by atoms with van der Waals surface area (Å²) in [6.45, 7) is 0.595. The monoisotopic (exact) mass is 235 g/mol. The Bertz CT molecular complexity index is 362. The van der Waals surface area contributed by atoms with E-state index in [2.05, 4.69) is 6.07 Å². The van der Waals surface area contributed by atoms with Crippen LogP contribution in [0.1, 0.15) is 19.3 Å². The maximum atomic E-state index is 8.40. The van der Waals surface area contributed by atoms with Crippen LogP contribution in [0.15, 0.2) is 18.2 Å². The first kappa shape index (κ1) is 13.2. The van der Waals surface area contributed by atoms with Crippen molar-refractivity contribution in [2.24, 2.45) is 0 Å². The minimum atomic E-state index is 0.574. The van der Waals surface area contributed by atoms with Crippen LogP contribution in [-0.2, 0) is 0 Å². The number of hydrogen-bond donors (Lipinski definition) is 0. The van der Waals surface area contributed by atoms with Crippen molar-refractivity contribution in [3.63, 3.8) is 0 Å². The van der Waals surface area contributed by atoms with Gasteiger partial charge in [0.2, 0.25) is 0 Å². The molecule has 0 radical (unpaired) electrons. The zero-order valence-corrected chi connectivity index (χ0v) is 10.2. The van der Waals surface area contributed by atoms with E-state index in [1.54, 1.807) is 20.3 Å². The van der Waals surface area contributed by atoms with Crippen molar-refractivity contribution in [2.75, 3.05) is 20.8 Å². The van der Waals surface area contributed by atoms with Gasteiger partial charge < -0.3 is 14.2 Å². The van der Waals surface area contributed by atoms with Crippen LogP contribution in [0.2, 0.25) is 0 Å². The van der Waals surface area contributed by atoms with Gasteiger partial charge in [0.1, 0.15) is 17.2 Å². The van der Waals surface area contributed by atoms with E-state index < -0.39 is 0 Å². The molecule has 1 aromatic carbocycles. The molecule has 0 aliphatic rings. The molecule has 4 nitrogen and oxygen atoms in total. The molecule has 0 atom stereocenters. The molecule has 0 unspecified atom stereocenters. The van der Waals surface area contributed by atoms with Gasteiger partial charge in [-0.15, -0.1) is 0 Å². The Morgan fingerprint density at radius 1 is 1.00 bits per heavy atom. The fourth-order valence-electron chi connectivity index (χ4n) is 1.36. The highest BCUT2D eigenvalue weighted by Gasteiger charge is 2.02. The van der Waals surface area contributed by atoms with Gasteiger partial charge in [-0.1, -0.05) is 0 Å². The smallest absolute Gasteiger partial charge is 0.126 e. The molecule has 0 saturated heterocycles. The zero-order valence-electron chi connectivity index (χ0n) is 10.2. The largest absolute Gasteiger partial charge is 0.496 e. The SMILES string of the molecule is COc1cc(OC)cc(OCCCCC#N)c1. The summed E-state index contributed by atoms with van der Waals surface area (Å²) >= 11 is 0. The standard InChI is InChI=1S/C13H17NO3/c1-15-11-8-12(16-2)10-13(9-11)17-7-5-3-4-6-14/h8-10H,3-5,7H2,1-2H3. The number of nitrogens with zero attached hydrogens (tertiary/aromatic N) is 1. The van der Waals surface area contributed by atoms with E-state index in [0.29, 0.717) is 24.5 Å². The number of nitriles is 1. The van der Waals surface area contributed by atoms with Crippen LogP contribution in [0, 0.1) is 11.3 Å². The lowest BCUT2D eigenvalue weighted by Gasteiger charge is -2.09. The molecule has 4 heteroatoms. The molecular weight excluding hydrogens is 218 g/mol. The van der Waals surface area contributed by atoms with Crippen molar-refractivity contribution in [3.8, 4) is 23.3 Å². The van der Waals surface area contributed by atoms with Gasteiger partial charge in [-0.05, 0) is 12.8 Å². The van der Waals surface area contributed by atoms with E-state index in [-0.39, 0.29) is 0 Å². The van der Waals surface area contributed by atoms with Gasteiger partial charge in [-0.3, -0.25) is 0 Å². The van der Waals surface area contributed by atoms with Crippen molar-refractivity contribution in [1.29, 1.82) is 5.26 Å². The molecule has 0 saturated carbocycles. The van der Waals surface area contributed by atoms with E-state index in [9.17, 15) is 0 Å². The van der Waals surface area contributed by atoms with Gasteiger partial charge in [0.25, 0.3) is 0 Å². The average Bonchev–Trinajstić information content (AvgIpc) is 2.38. The van der Waals surface area contributed by atoms with Gasteiger partial charge in [0, 0.05) is 24.6 Å². The first-order valence-corrected chi connectivity index (χ1v) is 5.53. The molecule has 0 aromatic heterocycles. The summed E-state index contributed by atoms with van der Waals surface area (Å²) in [4.78, 5) is 0. The van der Waals surface area contributed by atoms with Crippen molar-refractivity contribution >= 4 is 0 Å². The summed E-state index contributed by atoms with van der Waals surface area (Å²) in [5.41, 5.74) is 0. The predicted octanol–water partition coefficient (Wildman–Crippen LogP) is 2.78. The van der Waals surface area contributed by atoms with Crippen molar-refractivity contribution < 1.29 is 14.2 Å². The lowest BCUT2D eigenvalue weighted by molar-refractivity contribution is 0.302. The third-order valence-electron chi connectivity index (χ3n) is 2.28. The molecule has 1 rings (SSSR count). The van der Waals surface area contributed by atoms with Crippen molar-refractivity contribution in [3.05, 3.63) is 18.2 Å². The lowest BCUT2D eigenvalue weighted by Crippen LogP contribution is -1.98. The second-order valence-corrected chi connectivity index (χ2v) is 3.51. The topological polar surface area (TPSA) is 51.5 Å². The third kappa shape index (κ3) is 4.64. The van der Waals surface area contributed by atoms with Gasteiger partial charge in [0.05, 0.1) is 26.9 Å².